The van der Waals surface area contributed by atoms with Crippen LogP contribution in [0.15, 0.2) is 60.7 Å². The van der Waals surface area contributed by atoms with Gasteiger partial charge in [0, 0.05) is 18.8 Å². The van der Waals surface area contributed by atoms with E-state index in [4.69, 9.17) is 0 Å². The molecular weight excluding hydrogens is 336 g/mol. The molecular formula is C19H22N2O3S. The fourth-order valence-electron chi connectivity index (χ4n) is 3.05. The summed E-state index contributed by atoms with van der Waals surface area (Å²) in [6, 6.07) is 18.4. The number of rotatable bonds is 5. The number of nitrogens with zero attached hydrogens (tertiary/aromatic N) is 1. The predicted molar refractivity (Wildman–Crippen MR) is 98.4 cm³/mol. The van der Waals surface area contributed by atoms with Crippen molar-refractivity contribution >= 4 is 21.6 Å². The van der Waals surface area contributed by atoms with Gasteiger partial charge in [0.05, 0.1) is 11.7 Å². The van der Waals surface area contributed by atoms with E-state index in [0.717, 1.165) is 11.3 Å². The van der Waals surface area contributed by atoms with Gasteiger partial charge in [-0.1, -0.05) is 48.5 Å². The van der Waals surface area contributed by atoms with Gasteiger partial charge < -0.3 is 5.32 Å². The zero-order valence-electron chi connectivity index (χ0n) is 14.0. The minimum atomic E-state index is -3.42. The molecule has 1 fully saturated rings. The van der Waals surface area contributed by atoms with Crippen molar-refractivity contribution in [2.24, 2.45) is 5.92 Å². The Kier molecular flexibility index (Phi) is 5.50. The molecule has 0 saturated carbocycles. The van der Waals surface area contributed by atoms with Gasteiger partial charge in [0.15, 0.2) is 0 Å². The van der Waals surface area contributed by atoms with E-state index in [1.54, 1.807) is 12.1 Å². The van der Waals surface area contributed by atoms with Crippen LogP contribution in [0, 0.1) is 5.92 Å². The summed E-state index contributed by atoms with van der Waals surface area (Å²) in [5.74, 6) is -0.466. The van der Waals surface area contributed by atoms with Gasteiger partial charge in [0.25, 0.3) is 0 Å². The number of carbonyl (C=O) groups is 1. The third-order valence-electron chi connectivity index (χ3n) is 4.38. The van der Waals surface area contributed by atoms with E-state index < -0.39 is 10.0 Å². The average Bonchev–Trinajstić information content (AvgIpc) is 2.63. The van der Waals surface area contributed by atoms with Crippen LogP contribution < -0.4 is 5.32 Å². The van der Waals surface area contributed by atoms with Crippen molar-refractivity contribution in [3.05, 3.63) is 66.2 Å². The second-order valence-electron chi connectivity index (χ2n) is 6.29. The Balaban J connectivity index is 1.65. The summed E-state index contributed by atoms with van der Waals surface area (Å²) >= 11 is 0. The highest BCUT2D eigenvalue weighted by atomic mass is 32.2. The third-order valence-corrected chi connectivity index (χ3v) is 6.20. The Morgan fingerprint density at radius 1 is 1.04 bits per heavy atom. The molecule has 6 heteroatoms. The van der Waals surface area contributed by atoms with Crippen LogP contribution in [0.5, 0.6) is 0 Å². The molecule has 1 saturated heterocycles. The number of hydrogen-bond acceptors (Lipinski definition) is 3. The first-order chi connectivity index (χ1) is 12.0. The fraction of sp³-hybridized carbons (Fsp3) is 0.316. The van der Waals surface area contributed by atoms with Crippen molar-refractivity contribution < 1.29 is 13.2 Å². The van der Waals surface area contributed by atoms with E-state index in [1.807, 2.05) is 48.5 Å². The normalized spacial score (nSPS) is 18.6. The van der Waals surface area contributed by atoms with Gasteiger partial charge in [-0.05, 0) is 30.5 Å². The van der Waals surface area contributed by atoms with Gasteiger partial charge in [0.2, 0.25) is 15.9 Å². The molecule has 0 unspecified atom stereocenters. The smallest absolute Gasteiger partial charge is 0.228 e. The first-order valence-corrected chi connectivity index (χ1v) is 10.0. The van der Waals surface area contributed by atoms with Crippen molar-refractivity contribution in [1.82, 2.24) is 4.31 Å². The monoisotopic (exact) mass is 358 g/mol. The Morgan fingerprint density at radius 2 is 1.68 bits per heavy atom. The predicted octanol–water partition coefficient (Wildman–Crippen LogP) is 2.87. The van der Waals surface area contributed by atoms with E-state index in [2.05, 4.69) is 5.32 Å². The topological polar surface area (TPSA) is 66.5 Å². The van der Waals surface area contributed by atoms with Crippen LogP contribution in [0.2, 0.25) is 0 Å². The standard InChI is InChI=1S/C19H22N2O3S/c22-19(20-18-11-5-2-6-12-18)17-10-7-13-21(14-17)25(23,24)15-16-8-3-1-4-9-16/h1-6,8-9,11-12,17H,7,10,13-15H2,(H,20,22)/t17-/m0/s1. The number of sulfonamides is 1. The molecule has 0 radical (unpaired) electrons. The highest BCUT2D eigenvalue weighted by Crippen LogP contribution is 2.22. The lowest BCUT2D eigenvalue weighted by Gasteiger charge is -2.31. The average molecular weight is 358 g/mol. The van der Waals surface area contributed by atoms with Gasteiger partial charge in [-0.2, -0.15) is 0 Å². The molecule has 0 aromatic heterocycles. The minimum absolute atomic E-state index is 0.0269. The Bertz CT molecular complexity index is 807. The number of benzene rings is 2. The molecule has 0 spiro atoms. The summed E-state index contributed by atoms with van der Waals surface area (Å²) in [4.78, 5) is 12.5. The van der Waals surface area contributed by atoms with Gasteiger partial charge in [-0.3, -0.25) is 4.79 Å². The molecule has 2 aromatic rings. The van der Waals surface area contributed by atoms with E-state index in [-0.39, 0.29) is 24.1 Å². The summed E-state index contributed by atoms with van der Waals surface area (Å²) in [5.41, 5.74) is 1.50. The van der Waals surface area contributed by atoms with Crippen molar-refractivity contribution in [3.63, 3.8) is 0 Å². The SMILES string of the molecule is O=C(Nc1ccccc1)[C@H]1CCCN(S(=O)(=O)Cc2ccccc2)C1. The lowest BCUT2D eigenvalue weighted by molar-refractivity contribution is -0.120. The molecule has 3 rings (SSSR count). The van der Waals surface area contributed by atoms with Crippen molar-refractivity contribution in [3.8, 4) is 0 Å². The maximum absolute atomic E-state index is 12.7. The highest BCUT2D eigenvalue weighted by Gasteiger charge is 2.32. The summed E-state index contributed by atoms with van der Waals surface area (Å²) < 4.78 is 26.8. The Labute approximate surface area is 148 Å². The number of nitrogens with one attached hydrogen (secondary N) is 1. The Morgan fingerprint density at radius 3 is 2.36 bits per heavy atom. The van der Waals surface area contributed by atoms with Crippen LogP contribution in [0.1, 0.15) is 18.4 Å². The van der Waals surface area contributed by atoms with E-state index >= 15 is 0 Å². The van der Waals surface area contributed by atoms with E-state index in [0.29, 0.717) is 19.4 Å². The largest absolute Gasteiger partial charge is 0.326 e. The van der Waals surface area contributed by atoms with Crippen LogP contribution in [-0.4, -0.2) is 31.7 Å². The quantitative estimate of drug-likeness (QED) is 0.894. The number of amides is 1. The van der Waals surface area contributed by atoms with E-state index in [9.17, 15) is 13.2 Å². The van der Waals surface area contributed by atoms with Crippen LogP contribution in [0.3, 0.4) is 0 Å². The minimum Gasteiger partial charge on any atom is -0.326 e. The second-order valence-corrected chi connectivity index (χ2v) is 8.26. The molecule has 132 valence electrons. The lowest BCUT2D eigenvalue weighted by Crippen LogP contribution is -2.44. The number of piperidine rings is 1. The summed E-state index contributed by atoms with van der Waals surface area (Å²) in [5, 5.41) is 2.87. The van der Waals surface area contributed by atoms with Crippen LogP contribution in [-0.2, 0) is 20.6 Å². The fourth-order valence-corrected chi connectivity index (χ4v) is 4.66. The maximum Gasteiger partial charge on any atom is 0.228 e. The van der Waals surface area contributed by atoms with Gasteiger partial charge in [0.1, 0.15) is 0 Å². The van der Waals surface area contributed by atoms with Gasteiger partial charge >= 0.3 is 0 Å². The third kappa shape index (κ3) is 4.67. The molecule has 0 bridgehead atoms. The molecule has 25 heavy (non-hydrogen) atoms. The molecule has 1 atom stereocenters. The molecule has 1 amide bonds. The number of anilines is 1. The molecule has 2 aromatic carbocycles. The first kappa shape index (κ1) is 17.6. The zero-order valence-corrected chi connectivity index (χ0v) is 14.8. The molecule has 1 heterocycles. The molecule has 1 N–H and O–H groups in total. The van der Waals surface area contributed by atoms with Crippen molar-refractivity contribution in [2.75, 3.05) is 18.4 Å². The number of para-hydroxylation sites is 1. The molecule has 1 aliphatic rings. The van der Waals surface area contributed by atoms with Crippen molar-refractivity contribution in [1.29, 1.82) is 0 Å². The zero-order chi connectivity index (χ0) is 17.7. The maximum atomic E-state index is 12.7. The molecule has 0 aliphatic carbocycles. The van der Waals surface area contributed by atoms with Gasteiger partial charge in [-0.25, -0.2) is 12.7 Å². The van der Waals surface area contributed by atoms with Crippen LogP contribution in [0.4, 0.5) is 5.69 Å². The van der Waals surface area contributed by atoms with Gasteiger partial charge in [-0.15, -0.1) is 0 Å². The molecule has 5 nitrogen and oxygen atoms in total. The second kappa shape index (κ2) is 7.80. The number of carbonyl (C=O) groups excluding carboxylic acids is 1. The first-order valence-electron chi connectivity index (χ1n) is 8.42. The Hall–Kier alpha value is -2.18. The number of hydrogen-bond donors (Lipinski definition) is 1. The van der Waals surface area contributed by atoms with Crippen molar-refractivity contribution in [2.45, 2.75) is 18.6 Å². The lowest BCUT2D eigenvalue weighted by atomic mass is 9.99. The van der Waals surface area contributed by atoms with E-state index in [1.165, 1.54) is 4.31 Å². The summed E-state index contributed by atoms with van der Waals surface area (Å²) in [6.07, 6.45) is 1.40. The summed E-state index contributed by atoms with van der Waals surface area (Å²) in [7, 11) is -3.42. The molecule has 1 aliphatic heterocycles. The van der Waals surface area contributed by atoms with Crippen LogP contribution in [0.25, 0.3) is 0 Å². The highest BCUT2D eigenvalue weighted by molar-refractivity contribution is 7.88. The summed E-state index contributed by atoms with van der Waals surface area (Å²) in [6.45, 7) is 0.720. The van der Waals surface area contributed by atoms with Crippen LogP contribution >= 0.6 is 0 Å².